The third-order valence-electron chi connectivity index (χ3n) is 6.88. The minimum atomic E-state index is -0.331. The summed E-state index contributed by atoms with van der Waals surface area (Å²) in [6.45, 7) is 9.14. The molecule has 0 radical (unpaired) electrons. The second kappa shape index (κ2) is 11.1. The van der Waals surface area contributed by atoms with Crippen LogP contribution in [0.4, 0.5) is 5.69 Å². The van der Waals surface area contributed by atoms with Crippen LogP contribution < -0.4 is 25.4 Å². The Labute approximate surface area is 236 Å². The molecule has 2 aromatic carbocycles. The number of nitrogens with zero attached hydrogens (tertiary/aromatic N) is 1. The third kappa shape index (κ3) is 5.92. The summed E-state index contributed by atoms with van der Waals surface area (Å²) >= 11 is 0. The summed E-state index contributed by atoms with van der Waals surface area (Å²) < 4.78 is 12.0. The van der Waals surface area contributed by atoms with Gasteiger partial charge in [0.25, 0.3) is 0 Å². The second-order valence-electron chi connectivity index (χ2n) is 11.1. The lowest BCUT2D eigenvalue weighted by Crippen LogP contribution is -2.40. The number of nitrogens with one attached hydrogen (secondary N) is 3. The number of aliphatic imine (C=N–C) groups is 1. The number of rotatable bonds is 6. The van der Waals surface area contributed by atoms with E-state index in [-0.39, 0.29) is 60.4 Å². The number of anilines is 1. The first-order valence-corrected chi connectivity index (χ1v) is 12.5. The number of ether oxygens (including phenoxy) is 2. The number of carbonyl (C=O) groups is 2. The Morgan fingerprint density at radius 2 is 1.95 bits per heavy atom. The highest BCUT2D eigenvalue weighted by Crippen LogP contribution is 2.47. The van der Waals surface area contributed by atoms with Crippen LogP contribution in [0.5, 0.6) is 11.5 Å². The zero-order valence-electron chi connectivity index (χ0n) is 22.4. The van der Waals surface area contributed by atoms with Gasteiger partial charge in [0, 0.05) is 35.3 Å². The van der Waals surface area contributed by atoms with Gasteiger partial charge in [0.05, 0.1) is 30.9 Å². The van der Waals surface area contributed by atoms with Crippen molar-refractivity contribution in [2.45, 2.75) is 64.1 Å². The number of hydrogen-bond acceptors (Lipinski definition) is 6. The number of methoxy groups -OCH3 is 1. The predicted molar refractivity (Wildman–Crippen MR) is 154 cm³/mol. The van der Waals surface area contributed by atoms with Gasteiger partial charge in [-0.2, -0.15) is 0 Å². The van der Waals surface area contributed by atoms with Crippen molar-refractivity contribution in [3.8, 4) is 11.5 Å². The summed E-state index contributed by atoms with van der Waals surface area (Å²) in [6, 6.07) is 9.55. The standard InChI is InChI=1S/C28H34N4O4.2ClH/c1-27(2)13-17-12-21(35-5)25-19(14-28(3,4)36-25)23(17)24(32-27)16-7-6-8-18(11-16)31-22(33)15-30-20-9-10-29-26(20)34;;/h6-8,11-12,20,30H,9-10,13-15H2,1-5H3,(H,29,34)(H,31,33);2*1H. The van der Waals surface area contributed by atoms with Gasteiger partial charge >= 0.3 is 0 Å². The monoisotopic (exact) mass is 562 g/mol. The maximum absolute atomic E-state index is 12.6. The summed E-state index contributed by atoms with van der Waals surface area (Å²) in [6.07, 6.45) is 2.25. The molecule has 1 unspecified atom stereocenters. The van der Waals surface area contributed by atoms with Crippen molar-refractivity contribution >= 4 is 48.0 Å². The lowest BCUT2D eigenvalue weighted by molar-refractivity contribution is -0.121. The molecular weight excluding hydrogens is 527 g/mol. The molecule has 8 nitrogen and oxygen atoms in total. The Hall–Kier alpha value is -2.81. The van der Waals surface area contributed by atoms with Crippen LogP contribution in [-0.4, -0.2) is 54.9 Å². The molecule has 2 aromatic rings. The molecule has 3 heterocycles. The smallest absolute Gasteiger partial charge is 0.238 e. The van der Waals surface area contributed by atoms with Crippen LogP contribution >= 0.6 is 24.8 Å². The summed E-state index contributed by atoms with van der Waals surface area (Å²) in [4.78, 5) is 29.5. The van der Waals surface area contributed by atoms with E-state index in [2.05, 4.69) is 49.7 Å². The average molecular weight is 564 g/mol. The molecule has 3 aliphatic rings. The summed E-state index contributed by atoms with van der Waals surface area (Å²) in [5, 5.41) is 8.75. The zero-order chi connectivity index (χ0) is 25.7. The second-order valence-corrected chi connectivity index (χ2v) is 11.1. The largest absolute Gasteiger partial charge is 0.493 e. The zero-order valence-corrected chi connectivity index (χ0v) is 24.0. The molecule has 38 heavy (non-hydrogen) atoms. The maximum Gasteiger partial charge on any atom is 0.238 e. The minimum Gasteiger partial charge on any atom is -0.493 e. The molecule has 3 aliphatic heterocycles. The van der Waals surface area contributed by atoms with Gasteiger partial charge in [0.15, 0.2) is 11.5 Å². The molecule has 5 rings (SSSR count). The van der Waals surface area contributed by atoms with E-state index in [0.29, 0.717) is 18.7 Å². The topological polar surface area (TPSA) is 101 Å². The van der Waals surface area contributed by atoms with Crippen molar-refractivity contribution in [1.29, 1.82) is 0 Å². The molecule has 0 bridgehead atoms. The van der Waals surface area contributed by atoms with Gasteiger partial charge in [-0.05, 0) is 64.3 Å². The fourth-order valence-electron chi connectivity index (χ4n) is 5.38. The van der Waals surface area contributed by atoms with Crippen molar-refractivity contribution < 1.29 is 19.1 Å². The summed E-state index contributed by atoms with van der Waals surface area (Å²) in [7, 11) is 1.68. The van der Waals surface area contributed by atoms with E-state index in [1.807, 2.05) is 24.3 Å². The van der Waals surface area contributed by atoms with E-state index in [0.717, 1.165) is 46.7 Å². The quantitative estimate of drug-likeness (QED) is 0.496. The van der Waals surface area contributed by atoms with Crippen LogP contribution in [0.2, 0.25) is 0 Å². The molecule has 0 aliphatic carbocycles. The Bertz CT molecular complexity index is 1280. The van der Waals surface area contributed by atoms with Crippen molar-refractivity contribution in [3.63, 3.8) is 0 Å². The number of carbonyl (C=O) groups excluding carboxylic acids is 2. The van der Waals surface area contributed by atoms with Gasteiger partial charge in [0.1, 0.15) is 5.60 Å². The van der Waals surface area contributed by atoms with Crippen molar-refractivity contribution in [3.05, 3.63) is 52.6 Å². The Kier molecular flexibility index (Phi) is 8.71. The minimum absolute atomic E-state index is 0. The molecule has 1 atom stereocenters. The SMILES string of the molecule is COc1cc2c(c3c1OC(C)(C)C3)C(c1cccc(NC(=O)CNC3CCNC3=O)c1)=NC(C)(C)C2.Cl.Cl. The third-order valence-corrected chi connectivity index (χ3v) is 6.88. The van der Waals surface area contributed by atoms with E-state index < -0.39 is 0 Å². The molecule has 0 spiro atoms. The van der Waals surface area contributed by atoms with Crippen LogP contribution in [0, 0.1) is 0 Å². The Morgan fingerprint density at radius 3 is 2.63 bits per heavy atom. The van der Waals surface area contributed by atoms with Gasteiger partial charge in [-0.25, -0.2) is 0 Å². The van der Waals surface area contributed by atoms with Crippen LogP contribution in [-0.2, 0) is 22.4 Å². The number of amides is 2. The van der Waals surface area contributed by atoms with E-state index in [1.165, 1.54) is 5.56 Å². The molecular formula is C28H36Cl2N4O4. The van der Waals surface area contributed by atoms with E-state index in [9.17, 15) is 9.59 Å². The molecule has 206 valence electrons. The summed E-state index contributed by atoms with van der Waals surface area (Å²) in [5.41, 5.74) is 5.31. The number of benzene rings is 2. The van der Waals surface area contributed by atoms with Crippen molar-refractivity contribution in [2.24, 2.45) is 4.99 Å². The first-order chi connectivity index (χ1) is 17.0. The van der Waals surface area contributed by atoms with Gasteiger partial charge in [-0.15, -0.1) is 24.8 Å². The van der Waals surface area contributed by atoms with Gasteiger partial charge in [-0.3, -0.25) is 19.9 Å². The Balaban J connectivity index is 0.00000200. The van der Waals surface area contributed by atoms with E-state index in [1.54, 1.807) is 7.11 Å². The average Bonchev–Trinajstić information content (AvgIpc) is 3.37. The highest BCUT2D eigenvalue weighted by Gasteiger charge is 2.39. The highest BCUT2D eigenvalue weighted by atomic mass is 35.5. The van der Waals surface area contributed by atoms with E-state index >= 15 is 0 Å². The Morgan fingerprint density at radius 1 is 1.18 bits per heavy atom. The fourth-order valence-corrected chi connectivity index (χ4v) is 5.38. The maximum atomic E-state index is 12.6. The lowest BCUT2D eigenvalue weighted by Gasteiger charge is -2.31. The molecule has 1 saturated heterocycles. The van der Waals surface area contributed by atoms with Gasteiger partial charge < -0.3 is 20.1 Å². The van der Waals surface area contributed by atoms with Gasteiger partial charge in [0.2, 0.25) is 11.8 Å². The number of fused-ring (bicyclic) bond motifs is 3. The fraction of sp³-hybridized carbons (Fsp3) is 0.464. The van der Waals surface area contributed by atoms with Crippen LogP contribution in [0.1, 0.15) is 56.4 Å². The van der Waals surface area contributed by atoms with Crippen molar-refractivity contribution in [1.82, 2.24) is 10.6 Å². The first kappa shape index (κ1) is 29.7. The molecule has 10 heteroatoms. The first-order valence-electron chi connectivity index (χ1n) is 12.5. The molecule has 1 fully saturated rings. The van der Waals surface area contributed by atoms with Crippen LogP contribution in [0.25, 0.3) is 0 Å². The molecule has 0 saturated carbocycles. The van der Waals surface area contributed by atoms with Crippen molar-refractivity contribution in [2.75, 3.05) is 25.5 Å². The summed E-state index contributed by atoms with van der Waals surface area (Å²) in [5.74, 6) is 1.30. The number of halogens is 2. The predicted octanol–water partition coefficient (Wildman–Crippen LogP) is 3.84. The normalized spacial score (nSPS) is 20.0. The van der Waals surface area contributed by atoms with Crippen LogP contribution in [0.15, 0.2) is 35.3 Å². The number of hydrogen-bond donors (Lipinski definition) is 3. The molecule has 0 aromatic heterocycles. The van der Waals surface area contributed by atoms with Gasteiger partial charge in [-0.1, -0.05) is 12.1 Å². The van der Waals surface area contributed by atoms with Crippen LogP contribution in [0.3, 0.4) is 0 Å². The molecule has 3 N–H and O–H groups in total. The highest BCUT2D eigenvalue weighted by molar-refractivity contribution is 6.16. The van der Waals surface area contributed by atoms with E-state index in [4.69, 9.17) is 14.5 Å². The lowest BCUT2D eigenvalue weighted by atomic mass is 9.81. The molecule has 2 amide bonds.